The maximum atomic E-state index is 11.7. The molecule has 1 saturated carbocycles. The molecule has 0 spiro atoms. The zero-order valence-electron chi connectivity index (χ0n) is 8.72. The van der Waals surface area contributed by atoms with Crippen LogP contribution in [0.1, 0.15) is 12.8 Å². The van der Waals surface area contributed by atoms with Gasteiger partial charge < -0.3 is 10.1 Å². The monoisotopic (exact) mass is 259 g/mol. The van der Waals surface area contributed by atoms with Gasteiger partial charge in [-0.25, -0.2) is 0 Å². The molecular formula is C11H11Cl2NO2. The number of nitrogens with one attached hydrogen (secondary N) is 1. The Labute approximate surface area is 104 Å². The molecule has 86 valence electrons. The number of methoxy groups -OCH3 is 1. The molecule has 1 N–H and O–H groups in total. The summed E-state index contributed by atoms with van der Waals surface area (Å²) >= 11 is 11.8. The highest BCUT2D eigenvalue weighted by molar-refractivity contribution is 6.39. The Bertz CT molecular complexity index is 430. The summed E-state index contributed by atoms with van der Waals surface area (Å²) in [5.74, 6) is 0.369. The molecule has 1 fully saturated rings. The first-order valence-corrected chi connectivity index (χ1v) is 5.65. The van der Waals surface area contributed by atoms with Crippen LogP contribution >= 0.6 is 23.2 Å². The van der Waals surface area contributed by atoms with Crippen LogP contribution in [-0.4, -0.2) is 17.9 Å². The number of halogens is 2. The molecule has 0 unspecified atom stereocenters. The number of carbonyl (C=O) groups excluding carboxylic acids is 1. The highest BCUT2D eigenvalue weighted by Gasteiger charge is 2.48. The summed E-state index contributed by atoms with van der Waals surface area (Å²) in [5.41, 5.74) is 0.548. The molecule has 0 radical (unpaired) electrons. The van der Waals surface area contributed by atoms with Gasteiger partial charge in [-0.1, -0.05) is 11.6 Å². The fourth-order valence-electron chi connectivity index (χ4n) is 1.35. The van der Waals surface area contributed by atoms with Crippen LogP contribution < -0.4 is 10.1 Å². The second-order valence-corrected chi connectivity index (χ2v) is 4.92. The van der Waals surface area contributed by atoms with Crippen LogP contribution in [0.25, 0.3) is 0 Å². The molecule has 1 aromatic rings. The molecule has 1 aliphatic carbocycles. The van der Waals surface area contributed by atoms with Crippen LogP contribution in [-0.2, 0) is 4.79 Å². The van der Waals surface area contributed by atoms with Crippen molar-refractivity contribution >= 4 is 34.8 Å². The van der Waals surface area contributed by atoms with E-state index in [-0.39, 0.29) is 5.91 Å². The second kappa shape index (κ2) is 4.15. The van der Waals surface area contributed by atoms with E-state index in [2.05, 4.69) is 5.32 Å². The highest BCUT2D eigenvalue weighted by Crippen LogP contribution is 2.44. The van der Waals surface area contributed by atoms with E-state index in [9.17, 15) is 4.79 Å². The van der Waals surface area contributed by atoms with Gasteiger partial charge >= 0.3 is 0 Å². The molecule has 16 heavy (non-hydrogen) atoms. The molecule has 1 aliphatic rings. The van der Waals surface area contributed by atoms with Crippen molar-refractivity contribution in [3.8, 4) is 5.75 Å². The minimum Gasteiger partial charge on any atom is -0.495 e. The summed E-state index contributed by atoms with van der Waals surface area (Å²) in [6.07, 6.45) is 1.42. The lowest BCUT2D eigenvalue weighted by atomic mass is 10.2. The molecule has 1 amide bonds. The number of alkyl halides is 1. The van der Waals surface area contributed by atoms with E-state index in [1.807, 2.05) is 0 Å². The normalized spacial score (nSPS) is 16.7. The maximum Gasteiger partial charge on any atom is 0.245 e. The van der Waals surface area contributed by atoms with Gasteiger partial charge in [0.05, 0.1) is 12.8 Å². The minimum atomic E-state index is -0.729. The molecule has 0 saturated heterocycles. The second-order valence-electron chi connectivity index (χ2n) is 3.76. The van der Waals surface area contributed by atoms with Crippen LogP contribution in [0.5, 0.6) is 5.75 Å². The number of anilines is 1. The van der Waals surface area contributed by atoms with Crippen molar-refractivity contribution in [2.24, 2.45) is 0 Å². The predicted molar refractivity (Wildman–Crippen MR) is 64.5 cm³/mol. The number of amides is 1. The molecule has 0 atom stereocenters. The molecule has 5 heteroatoms. The zero-order valence-corrected chi connectivity index (χ0v) is 10.2. The van der Waals surface area contributed by atoms with Crippen molar-refractivity contribution in [2.75, 3.05) is 12.4 Å². The van der Waals surface area contributed by atoms with E-state index < -0.39 is 4.87 Å². The Balaban J connectivity index is 2.19. The fraction of sp³-hybridized carbons (Fsp3) is 0.364. The summed E-state index contributed by atoms with van der Waals surface area (Å²) in [5, 5.41) is 3.26. The quantitative estimate of drug-likeness (QED) is 0.848. The van der Waals surface area contributed by atoms with E-state index in [1.165, 1.54) is 7.11 Å². The minimum absolute atomic E-state index is 0.199. The lowest BCUT2D eigenvalue weighted by Crippen LogP contribution is -2.24. The van der Waals surface area contributed by atoms with Crippen molar-refractivity contribution < 1.29 is 9.53 Å². The topological polar surface area (TPSA) is 38.3 Å². The van der Waals surface area contributed by atoms with Gasteiger partial charge in [0.25, 0.3) is 0 Å². The van der Waals surface area contributed by atoms with E-state index in [4.69, 9.17) is 27.9 Å². The fourth-order valence-corrected chi connectivity index (χ4v) is 1.66. The average Bonchev–Trinajstić information content (AvgIpc) is 2.98. The van der Waals surface area contributed by atoms with Crippen molar-refractivity contribution in [1.82, 2.24) is 0 Å². The van der Waals surface area contributed by atoms with Crippen LogP contribution in [0.2, 0.25) is 5.02 Å². The maximum absolute atomic E-state index is 11.7. The van der Waals surface area contributed by atoms with Crippen LogP contribution in [0, 0.1) is 0 Å². The van der Waals surface area contributed by atoms with Gasteiger partial charge in [0.15, 0.2) is 0 Å². The number of ether oxygens (including phenoxy) is 1. The van der Waals surface area contributed by atoms with Crippen molar-refractivity contribution in [1.29, 1.82) is 0 Å². The van der Waals surface area contributed by atoms with Crippen LogP contribution in [0.15, 0.2) is 18.2 Å². The average molecular weight is 260 g/mol. The Morgan fingerprint density at radius 2 is 2.19 bits per heavy atom. The van der Waals surface area contributed by atoms with Gasteiger partial charge in [-0.05, 0) is 31.0 Å². The molecule has 0 aliphatic heterocycles. The first kappa shape index (κ1) is 11.6. The molecule has 1 aromatic carbocycles. The van der Waals surface area contributed by atoms with Gasteiger partial charge in [-0.2, -0.15) is 0 Å². The van der Waals surface area contributed by atoms with E-state index in [0.717, 1.165) is 0 Å². The Kier molecular flexibility index (Phi) is 3.00. The van der Waals surface area contributed by atoms with E-state index in [1.54, 1.807) is 18.2 Å². The number of hydrogen-bond acceptors (Lipinski definition) is 2. The molecule has 0 heterocycles. The number of carbonyl (C=O) groups is 1. The lowest BCUT2D eigenvalue weighted by molar-refractivity contribution is -0.116. The van der Waals surface area contributed by atoms with Gasteiger partial charge in [-0.15, -0.1) is 11.6 Å². The predicted octanol–water partition coefficient (Wildman–Crippen LogP) is 3.06. The highest BCUT2D eigenvalue weighted by atomic mass is 35.5. The Morgan fingerprint density at radius 3 is 2.75 bits per heavy atom. The van der Waals surface area contributed by atoms with Gasteiger partial charge in [0.1, 0.15) is 10.6 Å². The first-order valence-electron chi connectivity index (χ1n) is 4.89. The summed E-state index contributed by atoms with van der Waals surface area (Å²) in [6, 6.07) is 5.04. The lowest BCUT2D eigenvalue weighted by Gasteiger charge is -2.12. The summed E-state index contributed by atoms with van der Waals surface area (Å²) in [4.78, 5) is 11.0. The molecule has 2 rings (SSSR count). The third kappa shape index (κ3) is 2.25. The number of rotatable bonds is 3. The smallest absolute Gasteiger partial charge is 0.245 e. The molecule has 3 nitrogen and oxygen atoms in total. The van der Waals surface area contributed by atoms with Crippen molar-refractivity contribution in [3.63, 3.8) is 0 Å². The molecule has 0 aromatic heterocycles. The summed E-state index contributed by atoms with van der Waals surface area (Å²) < 4.78 is 5.12. The third-order valence-corrected chi connectivity index (χ3v) is 3.29. The number of benzene rings is 1. The number of hydrogen-bond donors (Lipinski definition) is 1. The SMILES string of the molecule is COc1ccc(Cl)cc1NC(=O)C1(Cl)CC1. The van der Waals surface area contributed by atoms with Crippen LogP contribution in [0.3, 0.4) is 0 Å². The Morgan fingerprint density at radius 1 is 1.50 bits per heavy atom. The standard InChI is InChI=1S/C11H11Cl2NO2/c1-16-9-3-2-7(12)6-8(9)14-10(15)11(13)4-5-11/h2-3,6H,4-5H2,1H3,(H,14,15). The van der Waals surface area contributed by atoms with Gasteiger partial charge in [-0.3, -0.25) is 4.79 Å². The first-order chi connectivity index (χ1) is 7.55. The van der Waals surface area contributed by atoms with Crippen LogP contribution in [0.4, 0.5) is 5.69 Å². The summed E-state index contributed by atoms with van der Waals surface area (Å²) in [6.45, 7) is 0. The van der Waals surface area contributed by atoms with Crippen molar-refractivity contribution in [3.05, 3.63) is 23.2 Å². The summed E-state index contributed by atoms with van der Waals surface area (Å²) in [7, 11) is 1.53. The largest absolute Gasteiger partial charge is 0.495 e. The van der Waals surface area contributed by atoms with Gasteiger partial charge in [0, 0.05) is 5.02 Å². The Hall–Kier alpha value is -0.930. The zero-order chi connectivity index (χ0) is 11.8. The van der Waals surface area contributed by atoms with E-state index in [0.29, 0.717) is 29.3 Å². The molecular weight excluding hydrogens is 249 g/mol. The third-order valence-electron chi connectivity index (χ3n) is 2.51. The van der Waals surface area contributed by atoms with Gasteiger partial charge in [0.2, 0.25) is 5.91 Å². The van der Waals surface area contributed by atoms with Crippen molar-refractivity contribution in [2.45, 2.75) is 17.7 Å². The molecule has 0 bridgehead atoms. The van der Waals surface area contributed by atoms with E-state index >= 15 is 0 Å².